The van der Waals surface area contributed by atoms with Crippen molar-refractivity contribution >= 4 is 45.7 Å². The normalized spacial score (nSPS) is 15.7. The van der Waals surface area contributed by atoms with Gasteiger partial charge in [0.15, 0.2) is 0 Å². The number of hydrogen-bond acceptors (Lipinski definition) is 3. The van der Waals surface area contributed by atoms with E-state index in [1.54, 1.807) is 16.8 Å². The summed E-state index contributed by atoms with van der Waals surface area (Å²) in [5, 5.41) is 8.15. The molecular weight excluding hydrogens is 393 g/mol. The van der Waals surface area contributed by atoms with Gasteiger partial charge in [0, 0.05) is 21.4 Å². The number of benzene rings is 2. The van der Waals surface area contributed by atoms with Crippen molar-refractivity contribution in [3.05, 3.63) is 75.4 Å². The maximum Gasteiger partial charge on any atom is 0.258 e. The molecule has 2 aromatic carbocycles. The number of anilines is 1. The minimum absolute atomic E-state index is 0.271. The molecule has 1 aliphatic rings. The molecule has 0 spiro atoms. The fourth-order valence-electron chi connectivity index (χ4n) is 2.86. The number of amides is 1. The molecule has 0 fully saturated rings. The van der Waals surface area contributed by atoms with Crippen molar-refractivity contribution in [3.8, 4) is 5.69 Å². The third-order valence-corrected chi connectivity index (χ3v) is 5.85. The molecule has 0 bridgehead atoms. The largest absolute Gasteiger partial charge is 0.306 e. The van der Waals surface area contributed by atoms with Crippen molar-refractivity contribution < 1.29 is 9.00 Å². The molecule has 5 nitrogen and oxygen atoms in total. The molecule has 8 heteroatoms. The van der Waals surface area contributed by atoms with Crippen LogP contribution in [0, 0.1) is 0 Å². The molecular formula is C18H13Cl2N3O2S. The number of nitrogens with zero attached hydrogens (tertiary/aromatic N) is 2. The maximum absolute atomic E-state index is 12.8. The minimum atomic E-state index is -1.00. The van der Waals surface area contributed by atoms with Gasteiger partial charge in [0.25, 0.3) is 5.91 Å². The lowest BCUT2D eigenvalue weighted by Gasteiger charge is -2.12. The number of para-hydroxylation sites is 1. The Balaban J connectivity index is 1.77. The van der Waals surface area contributed by atoms with Crippen LogP contribution in [0.2, 0.25) is 10.0 Å². The van der Waals surface area contributed by atoms with Gasteiger partial charge < -0.3 is 5.32 Å². The fourth-order valence-corrected chi connectivity index (χ4v) is 4.50. The summed E-state index contributed by atoms with van der Waals surface area (Å²) >= 11 is 12.1. The van der Waals surface area contributed by atoms with Crippen molar-refractivity contribution in [2.24, 2.45) is 0 Å². The second-order valence-corrected chi connectivity index (χ2v) is 8.13. The monoisotopic (exact) mass is 405 g/mol. The number of hydrogen-bond donors (Lipinski definition) is 1. The SMILES string of the molecule is O=C(Nc1c2c(nn1-c1ccccc1)C[S@@](=O)C2)c1cc(Cl)ccc1Cl. The standard InChI is InChI=1S/C18H13Cl2N3O2S/c19-11-6-7-15(20)13(8-11)18(24)21-17-14-9-26(25)10-16(14)22-23(17)12-4-2-1-3-5-12/h1-8H,9-10H2,(H,21,24)/t26-/m0/s1. The van der Waals surface area contributed by atoms with E-state index in [4.69, 9.17) is 23.2 Å². The number of nitrogens with one attached hydrogen (secondary N) is 1. The van der Waals surface area contributed by atoms with E-state index in [0.717, 1.165) is 16.9 Å². The number of rotatable bonds is 3. The molecule has 3 aromatic rings. The number of halogens is 2. The highest BCUT2D eigenvalue weighted by atomic mass is 35.5. The molecule has 1 atom stereocenters. The first kappa shape index (κ1) is 17.3. The summed E-state index contributed by atoms with van der Waals surface area (Å²) in [6.45, 7) is 0. The molecule has 1 aromatic heterocycles. The van der Waals surface area contributed by atoms with E-state index in [1.807, 2.05) is 30.3 Å². The summed E-state index contributed by atoms with van der Waals surface area (Å²) in [5.41, 5.74) is 2.60. The van der Waals surface area contributed by atoms with Gasteiger partial charge in [0.05, 0.1) is 33.5 Å². The van der Waals surface area contributed by atoms with E-state index < -0.39 is 16.7 Å². The highest BCUT2D eigenvalue weighted by Gasteiger charge is 2.28. The summed E-state index contributed by atoms with van der Waals surface area (Å²) in [7, 11) is -1.00. The summed E-state index contributed by atoms with van der Waals surface area (Å²) in [5.74, 6) is 0.866. The predicted octanol–water partition coefficient (Wildman–Crippen LogP) is 4.19. The lowest BCUT2D eigenvalue weighted by molar-refractivity contribution is 0.102. The molecule has 0 radical (unpaired) electrons. The second-order valence-electron chi connectivity index (χ2n) is 5.83. The Bertz CT molecular complexity index is 1030. The van der Waals surface area contributed by atoms with Crippen LogP contribution in [-0.4, -0.2) is 19.9 Å². The van der Waals surface area contributed by atoms with E-state index in [-0.39, 0.29) is 5.56 Å². The first-order valence-electron chi connectivity index (χ1n) is 7.80. The van der Waals surface area contributed by atoms with Gasteiger partial charge in [-0.2, -0.15) is 5.10 Å². The Kier molecular flexibility index (Phi) is 4.56. The van der Waals surface area contributed by atoms with Crippen LogP contribution in [0.25, 0.3) is 5.69 Å². The zero-order chi connectivity index (χ0) is 18.3. The zero-order valence-electron chi connectivity index (χ0n) is 13.4. The van der Waals surface area contributed by atoms with Crippen LogP contribution in [0.1, 0.15) is 21.6 Å². The van der Waals surface area contributed by atoms with Crippen molar-refractivity contribution in [1.82, 2.24) is 9.78 Å². The van der Waals surface area contributed by atoms with Crippen LogP contribution in [0.4, 0.5) is 5.82 Å². The van der Waals surface area contributed by atoms with Crippen molar-refractivity contribution in [2.75, 3.05) is 5.32 Å². The lowest BCUT2D eigenvalue weighted by Crippen LogP contribution is -2.17. The van der Waals surface area contributed by atoms with Gasteiger partial charge in [-0.25, -0.2) is 4.68 Å². The van der Waals surface area contributed by atoms with Crippen molar-refractivity contribution in [2.45, 2.75) is 11.5 Å². The van der Waals surface area contributed by atoms with Crippen LogP contribution < -0.4 is 5.32 Å². The van der Waals surface area contributed by atoms with Gasteiger partial charge in [-0.15, -0.1) is 0 Å². The highest BCUT2D eigenvalue weighted by molar-refractivity contribution is 7.83. The Morgan fingerprint density at radius 2 is 1.88 bits per heavy atom. The number of carbonyl (C=O) groups excluding carboxylic acids is 1. The summed E-state index contributed by atoms with van der Waals surface area (Å²) in [6.07, 6.45) is 0. The van der Waals surface area contributed by atoms with E-state index in [9.17, 15) is 9.00 Å². The van der Waals surface area contributed by atoms with E-state index in [1.165, 1.54) is 6.07 Å². The van der Waals surface area contributed by atoms with Gasteiger partial charge in [0.2, 0.25) is 0 Å². The molecule has 0 saturated heterocycles. The van der Waals surface area contributed by atoms with Gasteiger partial charge >= 0.3 is 0 Å². The molecule has 26 heavy (non-hydrogen) atoms. The molecule has 0 saturated carbocycles. The smallest absolute Gasteiger partial charge is 0.258 e. The Hall–Kier alpha value is -2.15. The first-order chi connectivity index (χ1) is 12.5. The van der Waals surface area contributed by atoms with Crippen LogP contribution in [0.3, 0.4) is 0 Å². The summed E-state index contributed by atoms with van der Waals surface area (Å²) in [4.78, 5) is 12.8. The third-order valence-electron chi connectivity index (χ3n) is 4.08. The second kappa shape index (κ2) is 6.87. The van der Waals surface area contributed by atoms with Gasteiger partial charge in [-0.1, -0.05) is 41.4 Å². The average molecular weight is 406 g/mol. The Labute approximate surface area is 162 Å². The third kappa shape index (κ3) is 3.16. The first-order valence-corrected chi connectivity index (χ1v) is 10.0. The number of carbonyl (C=O) groups is 1. The zero-order valence-corrected chi connectivity index (χ0v) is 15.7. The molecule has 2 heterocycles. The molecule has 1 amide bonds. The van der Waals surface area contributed by atoms with Crippen LogP contribution >= 0.6 is 23.2 Å². The van der Waals surface area contributed by atoms with Crippen LogP contribution in [0.5, 0.6) is 0 Å². The average Bonchev–Trinajstić information content (AvgIpc) is 3.15. The van der Waals surface area contributed by atoms with Crippen molar-refractivity contribution in [3.63, 3.8) is 0 Å². The van der Waals surface area contributed by atoms with Gasteiger partial charge in [0.1, 0.15) is 5.82 Å². The van der Waals surface area contributed by atoms with Gasteiger partial charge in [-0.3, -0.25) is 9.00 Å². The summed E-state index contributed by atoms with van der Waals surface area (Å²) in [6, 6.07) is 14.2. The molecule has 1 N–H and O–H groups in total. The lowest BCUT2D eigenvalue weighted by atomic mass is 10.2. The fraction of sp³-hybridized carbons (Fsp3) is 0.111. The van der Waals surface area contributed by atoms with E-state index >= 15 is 0 Å². The van der Waals surface area contributed by atoms with Crippen LogP contribution in [-0.2, 0) is 22.3 Å². The van der Waals surface area contributed by atoms with E-state index in [2.05, 4.69) is 10.4 Å². The Morgan fingerprint density at radius 1 is 1.12 bits per heavy atom. The Morgan fingerprint density at radius 3 is 2.65 bits per heavy atom. The highest BCUT2D eigenvalue weighted by Crippen LogP contribution is 2.32. The maximum atomic E-state index is 12.8. The van der Waals surface area contributed by atoms with Crippen molar-refractivity contribution in [1.29, 1.82) is 0 Å². The van der Waals surface area contributed by atoms with Crippen LogP contribution in [0.15, 0.2) is 48.5 Å². The molecule has 0 aliphatic carbocycles. The minimum Gasteiger partial charge on any atom is -0.306 e. The molecule has 132 valence electrons. The topological polar surface area (TPSA) is 64.0 Å². The van der Waals surface area contributed by atoms with E-state index in [0.29, 0.717) is 27.4 Å². The predicted molar refractivity (Wildman–Crippen MR) is 104 cm³/mol. The quantitative estimate of drug-likeness (QED) is 0.710. The van der Waals surface area contributed by atoms with Gasteiger partial charge in [-0.05, 0) is 30.3 Å². The molecule has 4 rings (SSSR count). The number of fused-ring (bicyclic) bond motifs is 1. The summed E-state index contributed by atoms with van der Waals surface area (Å²) < 4.78 is 13.6. The molecule has 0 unspecified atom stereocenters. The molecule has 1 aliphatic heterocycles. The number of aromatic nitrogens is 2.